The average Bonchev–Trinajstić information content (AvgIpc) is 2.86. The maximum absolute atomic E-state index is 11.6. The van der Waals surface area contributed by atoms with E-state index in [0.29, 0.717) is 18.3 Å². The summed E-state index contributed by atoms with van der Waals surface area (Å²) < 4.78 is 2.17. The van der Waals surface area contributed by atoms with Crippen molar-refractivity contribution >= 4 is 28.7 Å². The van der Waals surface area contributed by atoms with E-state index in [-0.39, 0.29) is 0 Å². The molecule has 138 valence electrons. The predicted molar refractivity (Wildman–Crippen MR) is 102 cm³/mol. The number of hydrogen-bond donors (Lipinski definition) is 1. The number of halogens is 1. The number of imidazole rings is 1. The zero-order valence-electron chi connectivity index (χ0n) is 15.7. The fourth-order valence-electron chi connectivity index (χ4n) is 2.84. The molecule has 1 heterocycles. The van der Waals surface area contributed by atoms with E-state index in [9.17, 15) is 9.90 Å². The Balaban J connectivity index is 2.35. The van der Waals surface area contributed by atoms with Gasteiger partial charge >= 0.3 is 6.09 Å². The molecular formula is C19H28ClN3O2. The Morgan fingerprint density at radius 1 is 1.36 bits per heavy atom. The Kier molecular flexibility index (Phi) is 5.99. The van der Waals surface area contributed by atoms with Gasteiger partial charge in [-0.3, -0.25) is 4.90 Å². The van der Waals surface area contributed by atoms with Crippen LogP contribution in [0.1, 0.15) is 52.4 Å². The van der Waals surface area contributed by atoms with Crippen LogP contribution < -0.4 is 0 Å². The molecule has 0 saturated carbocycles. The van der Waals surface area contributed by atoms with Crippen molar-refractivity contribution in [2.75, 3.05) is 0 Å². The monoisotopic (exact) mass is 365 g/mol. The molecule has 0 aliphatic carbocycles. The molecule has 0 saturated heterocycles. The van der Waals surface area contributed by atoms with Gasteiger partial charge in [0.05, 0.1) is 16.9 Å². The largest absolute Gasteiger partial charge is 0.465 e. The number of alkyl halides is 1. The third kappa shape index (κ3) is 4.66. The Morgan fingerprint density at radius 3 is 2.56 bits per heavy atom. The predicted octanol–water partition coefficient (Wildman–Crippen LogP) is 5.10. The first-order chi connectivity index (χ1) is 11.6. The van der Waals surface area contributed by atoms with Gasteiger partial charge in [-0.15, -0.1) is 11.6 Å². The standard InChI is InChI=1S/C19H28ClN3O2/c1-13(2)8-9-22-16-7-6-14(10-15(16)21-17(22)11-20)12-23(18(24)25)19(3,4)5/h6-7,10,13H,8-9,11-12H2,1-5H3,(H,24,25). The lowest BCUT2D eigenvalue weighted by Crippen LogP contribution is -2.44. The van der Waals surface area contributed by atoms with Gasteiger partial charge in [0.15, 0.2) is 0 Å². The maximum Gasteiger partial charge on any atom is 0.408 e. The Morgan fingerprint density at radius 2 is 2.04 bits per heavy atom. The Labute approximate surface area is 154 Å². The topological polar surface area (TPSA) is 58.4 Å². The molecule has 0 aliphatic rings. The molecule has 5 nitrogen and oxygen atoms in total. The van der Waals surface area contributed by atoms with Crippen LogP contribution in [0, 0.1) is 5.92 Å². The summed E-state index contributed by atoms with van der Waals surface area (Å²) >= 11 is 6.08. The smallest absolute Gasteiger partial charge is 0.408 e. The van der Waals surface area contributed by atoms with Crippen molar-refractivity contribution in [3.8, 4) is 0 Å². The summed E-state index contributed by atoms with van der Waals surface area (Å²) in [7, 11) is 0. The Bertz CT molecular complexity index is 747. The van der Waals surface area contributed by atoms with E-state index in [2.05, 4.69) is 23.4 Å². The van der Waals surface area contributed by atoms with Gasteiger partial charge in [0, 0.05) is 18.6 Å². The summed E-state index contributed by atoms with van der Waals surface area (Å²) in [5, 5.41) is 9.48. The first-order valence-electron chi connectivity index (χ1n) is 8.68. The molecule has 25 heavy (non-hydrogen) atoms. The SMILES string of the molecule is CC(C)CCn1c(CCl)nc2cc(CN(C(=O)O)C(C)(C)C)ccc21. The highest BCUT2D eigenvalue weighted by molar-refractivity contribution is 6.16. The normalized spacial score (nSPS) is 12.1. The molecule has 6 heteroatoms. The lowest BCUT2D eigenvalue weighted by Gasteiger charge is -2.33. The van der Waals surface area contributed by atoms with E-state index in [4.69, 9.17) is 11.6 Å². The summed E-state index contributed by atoms with van der Waals surface area (Å²) in [6.07, 6.45) is 0.144. The van der Waals surface area contributed by atoms with Crippen molar-refractivity contribution in [3.05, 3.63) is 29.6 Å². The van der Waals surface area contributed by atoms with Crippen molar-refractivity contribution in [1.29, 1.82) is 0 Å². The molecule has 0 spiro atoms. The molecule has 1 aromatic carbocycles. The molecule has 1 amide bonds. The van der Waals surface area contributed by atoms with Crippen LogP contribution in [0.25, 0.3) is 11.0 Å². The van der Waals surface area contributed by atoms with Crippen LogP contribution in [0.4, 0.5) is 4.79 Å². The van der Waals surface area contributed by atoms with Crippen LogP contribution >= 0.6 is 11.6 Å². The second-order valence-electron chi connectivity index (χ2n) is 7.86. The highest BCUT2D eigenvalue weighted by Crippen LogP contribution is 2.23. The van der Waals surface area contributed by atoms with Gasteiger partial charge in [-0.25, -0.2) is 9.78 Å². The molecule has 0 aliphatic heterocycles. The number of fused-ring (bicyclic) bond motifs is 1. The van der Waals surface area contributed by atoms with Crippen molar-refractivity contribution < 1.29 is 9.90 Å². The van der Waals surface area contributed by atoms with Crippen molar-refractivity contribution in [2.45, 2.75) is 65.5 Å². The van der Waals surface area contributed by atoms with E-state index in [0.717, 1.165) is 35.4 Å². The Hall–Kier alpha value is -1.75. The van der Waals surface area contributed by atoms with Crippen molar-refractivity contribution in [3.63, 3.8) is 0 Å². The molecule has 1 N–H and O–H groups in total. The van der Waals surface area contributed by atoms with Crippen molar-refractivity contribution in [2.24, 2.45) is 5.92 Å². The lowest BCUT2D eigenvalue weighted by molar-refractivity contribution is 0.0956. The minimum atomic E-state index is -0.920. The van der Waals surface area contributed by atoms with E-state index in [1.54, 1.807) is 0 Å². The zero-order chi connectivity index (χ0) is 18.8. The third-order valence-corrected chi connectivity index (χ3v) is 4.56. The minimum Gasteiger partial charge on any atom is -0.465 e. The van der Waals surface area contributed by atoms with Gasteiger partial charge in [0.1, 0.15) is 5.82 Å². The second kappa shape index (κ2) is 7.65. The summed E-state index contributed by atoms with van der Waals surface area (Å²) in [6, 6.07) is 5.98. The summed E-state index contributed by atoms with van der Waals surface area (Å²) in [5.74, 6) is 1.84. The highest BCUT2D eigenvalue weighted by Gasteiger charge is 2.26. The van der Waals surface area contributed by atoms with Gasteiger partial charge in [-0.1, -0.05) is 19.9 Å². The maximum atomic E-state index is 11.6. The fourth-order valence-corrected chi connectivity index (χ4v) is 3.04. The molecule has 0 atom stereocenters. The average molecular weight is 366 g/mol. The van der Waals surface area contributed by atoms with Gasteiger partial charge < -0.3 is 9.67 Å². The van der Waals surface area contributed by atoms with Crippen LogP contribution in [-0.2, 0) is 19.0 Å². The zero-order valence-corrected chi connectivity index (χ0v) is 16.5. The molecule has 1 aromatic heterocycles. The van der Waals surface area contributed by atoms with E-state index < -0.39 is 11.6 Å². The number of benzene rings is 1. The number of aryl methyl sites for hydroxylation is 1. The third-order valence-electron chi connectivity index (χ3n) is 4.32. The molecule has 0 unspecified atom stereocenters. The molecule has 2 rings (SSSR count). The number of rotatable bonds is 6. The van der Waals surface area contributed by atoms with Crippen LogP contribution in [0.15, 0.2) is 18.2 Å². The van der Waals surface area contributed by atoms with E-state index in [1.807, 2.05) is 39.0 Å². The molecule has 0 fully saturated rings. The lowest BCUT2D eigenvalue weighted by atomic mass is 10.1. The van der Waals surface area contributed by atoms with Crippen LogP contribution in [0.2, 0.25) is 0 Å². The number of nitrogens with zero attached hydrogens (tertiary/aromatic N) is 3. The van der Waals surface area contributed by atoms with Crippen LogP contribution in [-0.4, -0.2) is 31.2 Å². The molecular weight excluding hydrogens is 338 g/mol. The number of amides is 1. The van der Waals surface area contributed by atoms with E-state index in [1.165, 1.54) is 4.90 Å². The van der Waals surface area contributed by atoms with Gasteiger partial charge in [-0.05, 0) is 50.8 Å². The number of hydrogen-bond acceptors (Lipinski definition) is 2. The van der Waals surface area contributed by atoms with Crippen molar-refractivity contribution in [1.82, 2.24) is 14.5 Å². The summed E-state index contributed by atoms with van der Waals surface area (Å²) in [6.45, 7) is 11.3. The van der Waals surface area contributed by atoms with Gasteiger partial charge in [0.2, 0.25) is 0 Å². The second-order valence-corrected chi connectivity index (χ2v) is 8.13. The van der Waals surface area contributed by atoms with Crippen LogP contribution in [0.3, 0.4) is 0 Å². The quantitative estimate of drug-likeness (QED) is 0.724. The van der Waals surface area contributed by atoms with Gasteiger partial charge in [-0.2, -0.15) is 0 Å². The summed E-state index contributed by atoms with van der Waals surface area (Å²) in [4.78, 5) is 17.6. The number of carboxylic acid groups (broad SMARTS) is 1. The first-order valence-corrected chi connectivity index (χ1v) is 9.21. The van der Waals surface area contributed by atoms with Crippen LogP contribution in [0.5, 0.6) is 0 Å². The summed E-state index contributed by atoms with van der Waals surface area (Å²) in [5.41, 5.74) is 2.40. The number of aromatic nitrogens is 2. The fraction of sp³-hybridized carbons (Fsp3) is 0.579. The van der Waals surface area contributed by atoms with Gasteiger partial charge in [0.25, 0.3) is 0 Å². The number of carbonyl (C=O) groups is 1. The highest BCUT2D eigenvalue weighted by atomic mass is 35.5. The minimum absolute atomic E-state index is 0.337. The molecule has 2 aromatic rings. The molecule has 0 radical (unpaired) electrons. The van der Waals surface area contributed by atoms with E-state index >= 15 is 0 Å². The first kappa shape index (κ1) is 19.6. The molecule has 0 bridgehead atoms.